The van der Waals surface area contributed by atoms with Crippen molar-refractivity contribution in [2.24, 2.45) is 0 Å². The van der Waals surface area contributed by atoms with E-state index in [1.165, 1.54) is 5.56 Å². The van der Waals surface area contributed by atoms with E-state index < -0.39 is 0 Å². The number of hydrogen-bond acceptors (Lipinski definition) is 3. The van der Waals surface area contributed by atoms with E-state index in [1.54, 1.807) is 6.33 Å². The lowest BCUT2D eigenvalue weighted by atomic mass is 10.2. The second-order valence-electron chi connectivity index (χ2n) is 3.96. The van der Waals surface area contributed by atoms with Crippen LogP contribution in [0, 0.1) is 0 Å². The highest BCUT2D eigenvalue weighted by molar-refractivity contribution is 9.13. The van der Waals surface area contributed by atoms with E-state index in [9.17, 15) is 0 Å². The lowest BCUT2D eigenvalue weighted by Crippen LogP contribution is -2.15. The van der Waals surface area contributed by atoms with Gasteiger partial charge in [0.25, 0.3) is 0 Å². The second-order valence-corrected chi connectivity index (χ2v) is 5.67. The minimum absolute atomic E-state index is 0.877. The number of aryl methyl sites for hydroxylation is 1. The van der Waals surface area contributed by atoms with E-state index in [0.717, 1.165) is 40.7 Å². The highest BCUT2D eigenvalue weighted by Crippen LogP contribution is 2.23. The van der Waals surface area contributed by atoms with Crippen LogP contribution in [-0.2, 0) is 13.0 Å². The average molecular weight is 374 g/mol. The number of rotatable bonds is 6. The van der Waals surface area contributed by atoms with Crippen LogP contribution in [0.3, 0.4) is 0 Å². The maximum Gasteiger partial charge on any atom is 0.137 e. The van der Waals surface area contributed by atoms with E-state index in [-0.39, 0.29) is 0 Å². The molecule has 2 rings (SSSR count). The van der Waals surface area contributed by atoms with Crippen LogP contribution in [0.25, 0.3) is 0 Å². The van der Waals surface area contributed by atoms with Gasteiger partial charge in [0, 0.05) is 21.9 Å². The van der Waals surface area contributed by atoms with E-state index in [2.05, 4.69) is 70.6 Å². The van der Waals surface area contributed by atoms with Crippen LogP contribution in [0.5, 0.6) is 0 Å². The van der Waals surface area contributed by atoms with Gasteiger partial charge in [0.05, 0.1) is 0 Å². The summed E-state index contributed by atoms with van der Waals surface area (Å²) >= 11 is 6.96. The van der Waals surface area contributed by atoms with E-state index >= 15 is 0 Å². The quantitative estimate of drug-likeness (QED) is 0.765. The van der Waals surface area contributed by atoms with E-state index in [0.29, 0.717) is 0 Å². The Balaban J connectivity index is 1.67. The van der Waals surface area contributed by atoms with Gasteiger partial charge in [0.2, 0.25) is 0 Å². The largest absolute Gasteiger partial charge is 0.313 e. The van der Waals surface area contributed by atoms with Crippen molar-refractivity contribution >= 4 is 31.9 Å². The van der Waals surface area contributed by atoms with Gasteiger partial charge in [-0.1, -0.05) is 6.07 Å². The number of halogens is 2. The number of nitrogens with one attached hydrogen (secondary N) is 2. The monoisotopic (exact) mass is 372 g/mol. The third kappa shape index (κ3) is 4.19. The Hall–Kier alpha value is -0.720. The molecule has 0 fully saturated rings. The smallest absolute Gasteiger partial charge is 0.137 e. The molecule has 0 amide bonds. The average Bonchev–Trinajstić information content (AvgIpc) is 2.86. The van der Waals surface area contributed by atoms with Crippen LogP contribution in [0.15, 0.2) is 33.5 Å². The van der Waals surface area contributed by atoms with Gasteiger partial charge in [0.15, 0.2) is 0 Å². The van der Waals surface area contributed by atoms with Gasteiger partial charge in [-0.05, 0) is 62.5 Å². The molecular formula is C12H14Br2N4. The normalized spacial score (nSPS) is 10.8. The standard InChI is InChI=1S/C12H14Br2N4/c13-10-4-3-9(6-11(10)14)7-15-5-1-2-12-16-8-17-18-12/h3-4,6,8,15H,1-2,5,7H2,(H,16,17,18). The molecule has 0 bridgehead atoms. The number of aromatic nitrogens is 3. The first-order valence-corrected chi connectivity index (χ1v) is 7.33. The van der Waals surface area contributed by atoms with Crippen LogP contribution >= 0.6 is 31.9 Å². The Kier molecular flexibility index (Phi) is 5.34. The van der Waals surface area contributed by atoms with Crippen LogP contribution in [0.1, 0.15) is 17.8 Å². The van der Waals surface area contributed by atoms with Crippen molar-refractivity contribution in [3.05, 3.63) is 44.9 Å². The first kappa shape index (κ1) is 13.7. The predicted molar refractivity (Wildman–Crippen MR) is 78.3 cm³/mol. The van der Waals surface area contributed by atoms with Gasteiger partial charge in [-0.3, -0.25) is 5.10 Å². The minimum atomic E-state index is 0.877. The highest BCUT2D eigenvalue weighted by Gasteiger charge is 1.99. The zero-order valence-corrected chi connectivity index (χ0v) is 13.0. The molecule has 0 saturated heterocycles. The second kappa shape index (κ2) is 7.01. The fraction of sp³-hybridized carbons (Fsp3) is 0.333. The zero-order chi connectivity index (χ0) is 12.8. The molecule has 2 N–H and O–H groups in total. The first-order valence-electron chi connectivity index (χ1n) is 5.74. The molecule has 0 unspecified atom stereocenters. The maximum absolute atomic E-state index is 4.09. The molecule has 0 atom stereocenters. The third-order valence-corrected chi connectivity index (χ3v) is 4.42. The number of benzene rings is 1. The van der Waals surface area contributed by atoms with Crippen molar-refractivity contribution in [1.82, 2.24) is 20.5 Å². The van der Waals surface area contributed by atoms with Gasteiger partial charge < -0.3 is 5.32 Å². The zero-order valence-electron chi connectivity index (χ0n) is 9.79. The van der Waals surface area contributed by atoms with Gasteiger partial charge in [0.1, 0.15) is 12.2 Å². The van der Waals surface area contributed by atoms with Crippen molar-refractivity contribution in [2.75, 3.05) is 6.54 Å². The van der Waals surface area contributed by atoms with Crippen molar-refractivity contribution < 1.29 is 0 Å². The molecule has 0 spiro atoms. The minimum Gasteiger partial charge on any atom is -0.313 e. The number of aromatic amines is 1. The molecule has 96 valence electrons. The molecule has 0 radical (unpaired) electrons. The molecule has 1 aromatic carbocycles. The van der Waals surface area contributed by atoms with Crippen LogP contribution < -0.4 is 5.32 Å². The van der Waals surface area contributed by atoms with Crippen molar-refractivity contribution in [2.45, 2.75) is 19.4 Å². The van der Waals surface area contributed by atoms with Crippen molar-refractivity contribution in [3.8, 4) is 0 Å². The van der Waals surface area contributed by atoms with E-state index in [1.807, 2.05) is 0 Å². The SMILES string of the molecule is Brc1ccc(CNCCCc2ncn[nH]2)cc1Br. The molecule has 18 heavy (non-hydrogen) atoms. The summed E-state index contributed by atoms with van der Waals surface area (Å²) in [5, 5.41) is 10.1. The summed E-state index contributed by atoms with van der Waals surface area (Å²) in [5.41, 5.74) is 1.27. The molecular weight excluding hydrogens is 360 g/mol. The highest BCUT2D eigenvalue weighted by atomic mass is 79.9. The molecule has 1 heterocycles. The molecule has 1 aromatic heterocycles. The number of hydrogen-bond donors (Lipinski definition) is 2. The Labute approximate surface area is 123 Å². The lowest BCUT2D eigenvalue weighted by Gasteiger charge is -2.05. The summed E-state index contributed by atoms with van der Waals surface area (Å²) in [4.78, 5) is 4.09. The Morgan fingerprint density at radius 2 is 2.11 bits per heavy atom. The Bertz CT molecular complexity index is 485. The summed E-state index contributed by atoms with van der Waals surface area (Å²) in [6.45, 7) is 1.84. The maximum atomic E-state index is 4.09. The molecule has 0 aliphatic carbocycles. The summed E-state index contributed by atoms with van der Waals surface area (Å²) in [5.74, 6) is 0.947. The summed E-state index contributed by atoms with van der Waals surface area (Å²) in [7, 11) is 0. The molecule has 0 saturated carbocycles. The van der Waals surface area contributed by atoms with Crippen LogP contribution in [0.2, 0.25) is 0 Å². The van der Waals surface area contributed by atoms with Crippen LogP contribution in [0.4, 0.5) is 0 Å². The summed E-state index contributed by atoms with van der Waals surface area (Å²) in [6, 6.07) is 6.28. The lowest BCUT2D eigenvalue weighted by molar-refractivity contribution is 0.639. The fourth-order valence-corrected chi connectivity index (χ4v) is 2.29. The topological polar surface area (TPSA) is 53.6 Å². The van der Waals surface area contributed by atoms with Crippen LogP contribution in [-0.4, -0.2) is 21.7 Å². The van der Waals surface area contributed by atoms with Crippen molar-refractivity contribution in [1.29, 1.82) is 0 Å². The molecule has 6 heteroatoms. The Morgan fingerprint density at radius 3 is 2.83 bits per heavy atom. The Morgan fingerprint density at radius 1 is 1.22 bits per heavy atom. The third-order valence-electron chi connectivity index (χ3n) is 2.55. The summed E-state index contributed by atoms with van der Waals surface area (Å²) in [6.07, 6.45) is 3.52. The molecule has 0 aliphatic rings. The van der Waals surface area contributed by atoms with Gasteiger partial charge in [-0.2, -0.15) is 5.10 Å². The van der Waals surface area contributed by atoms with Gasteiger partial charge in [-0.15, -0.1) is 0 Å². The molecule has 4 nitrogen and oxygen atoms in total. The summed E-state index contributed by atoms with van der Waals surface area (Å²) < 4.78 is 2.17. The fourth-order valence-electron chi connectivity index (χ4n) is 1.61. The van der Waals surface area contributed by atoms with Crippen molar-refractivity contribution in [3.63, 3.8) is 0 Å². The van der Waals surface area contributed by atoms with Gasteiger partial charge in [-0.25, -0.2) is 4.98 Å². The predicted octanol–water partition coefficient (Wildman–Crippen LogP) is 3.05. The first-order chi connectivity index (χ1) is 8.75. The molecule has 2 aromatic rings. The van der Waals surface area contributed by atoms with Gasteiger partial charge >= 0.3 is 0 Å². The number of H-pyrrole nitrogens is 1. The van der Waals surface area contributed by atoms with E-state index in [4.69, 9.17) is 0 Å². The molecule has 0 aliphatic heterocycles. The number of nitrogens with zero attached hydrogens (tertiary/aromatic N) is 2.